The number of anilines is 1. The lowest BCUT2D eigenvalue weighted by atomic mass is 10.1. The largest absolute Gasteiger partial charge is 0.454 e. The van der Waals surface area contributed by atoms with Crippen LogP contribution in [0.4, 0.5) is 5.69 Å². The molecule has 0 bridgehead atoms. The van der Waals surface area contributed by atoms with Gasteiger partial charge in [0.1, 0.15) is 0 Å². The topological polar surface area (TPSA) is 56.5 Å². The van der Waals surface area contributed by atoms with E-state index >= 15 is 0 Å². The molecular formula is C13H18N2O2. The van der Waals surface area contributed by atoms with Gasteiger partial charge < -0.3 is 20.5 Å². The second-order valence-electron chi connectivity index (χ2n) is 5.08. The van der Waals surface area contributed by atoms with E-state index in [1.54, 1.807) is 0 Å². The first kappa shape index (κ1) is 10.7. The minimum atomic E-state index is 0.324. The number of nitrogens with two attached hydrogens (primary N) is 1. The monoisotopic (exact) mass is 234 g/mol. The van der Waals surface area contributed by atoms with Crippen LogP contribution in [-0.2, 0) is 0 Å². The van der Waals surface area contributed by atoms with E-state index in [1.807, 2.05) is 12.1 Å². The predicted octanol–water partition coefficient (Wildman–Crippen LogP) is 1.87. The summed E-state index contributed by atoms with van der Waals surface area (Å²) in [7, 11) is 0. The highest BCUT2D eigenvalue weighted by molar-refractivity contribution is 5.61. The Kier molecular flexibility index (Phi) is 2.40. The quantitative estimate of drug-likeness (QED) is 0.835. The van der Waals surface area contributed by atoms with Crippen molar-refractivity contribution in [1.82, 2.24) is 0 Å². The Hall–Kier alpha value is -1.42. The Bertz CT molecular complexity index is 441. The Morgan fingerprint density at radius 2 is 2.00 bits per heavy atom. The van der Waals surface area contributed by atoms with E-state index < -0.39 is 0 Å². The summed E-state index contributed by atoms with van der Waals surface area (Å²) in [6, 6.07) is 4.04. The van der Waals surface area contributed by atoms with Gasteiger partial charge in [0.15, 0.2) is 11.5 Å². The number of hydrogen-bond donors (Lipinski definition) is 2. The number of rotatable bonds is 4. The van der Waals surface area contributed by atoms with E-state index in [0.29, 0.717) is 12.2 Å². The minimum Gasteiger partial charge on any atom is -0.454 e. The third kappa shape index (κ3) is 1.93. The second kappa shape index (κ2) is 3.81. The standard InChI is InChI=1S/C13H18N2O2/c1-9-4-11-12(17-8-16-11)5-10(9)15-7-13(6-14)2-3-13/h4-5,15H,2-3,6-8,14H2,1H3. The number of hydrogen-bond acceptors (Lipinski definition) is 4. The van der Waals surface area contributed by atoms with Gasteiger partial charge in [-0.25, -0.2) is 0 Å². The third-order valence-electron chi connectivity index (χ3n) is 3.76. The Morgan fingerprint density at radius 1 is 1.29 bits per heavy atom. The molecule has 1 heterocycles. The normalized spacial score (nSPS) is 19.2. The molecule has 0 radical (unpaired) electrons. The van der Waals surface area contributed by atoms with Gasteiger partial charge >= 0.3 is 0 Å². The Morgan fingerprint density at radius 3 is 2.65 bits per heavy atom. The van der Waals surface area contributed by atoms with E-state index in [4.69, 9.17) is 15.2 Å². The highest BCUT2D eigenvalue weighted by Gasteiger charge is 2.40. The molecule has 4 heteroatoms. The number of nitrogens with one attached hydrogen (secondary N) is 1. The molecule has 1 aliphatic heterocycles. The molecule has 0 aromatic heterocycles. The Labute approximate surface area is 101 Å². The van der Waals surface area contributed by atoms with Crippen LogP contribution in [0.2, 0.25) is 0 Å². The molecule has 17 heavy (non-hydrogen) atoms. The van der Waals surface area contributed by atoms with Crippen LogP contribution in [0.5, 0.6) is 11.5 Å². The molecular weight excluding hydrogens is 216 g/mol. The van der Waals surface area contributed by atoms with Crippen LogP contribution in [0.15, 0.2) is 12.1 Å². The summed E-state index contributed by atoms with van der Waals surface area (Å²) in [4.78, 5) is 0. The number of fused-ring (bicyclic) bond motifs is 1. The maximum Gasteiger partial charge on any atom is 0.231 e. The molecule has 1 aliphatic carbocycles. The van der Waals surface area contributed by atoms with E-state index in [1.165, 1.54) is 18.4 Å². The summed E-state index contributed by atoms with van der Waals surface area (Å²) in [5.41, 5.74) is 8.41. The van der Waals surface area contributed by atoms with Crippen LogP contribution in [0.1, 0.15) is 18.4 Å². The van der Waals surface area contributed by atoms with Crippen molar-refractivity contribution in [3.8, 4) is 11.5 Å². The molecule has 1 aromatic carbocycles. The lowest BCUT2D eigenvalue weighted by Gasteiger charge is -2.16. The molecule has 0 saturated heterocycles. The summed E-state index contributed by atoms with van der Waals surface area (Å²) in [6.07, 6.45) is 2.47. The third-order valence-corrected chi connectivity index (χ3v) is 3.76. The zero-order valence-electron chi connectivity index (χ0n) is 10.1. The van der Waals surface area contributed by atoms with Gasteiger partial charge in [-0.05, 0) is 43.4 Å². The van der Waals surface area contributed by atoms with Crippen molar-refractivity contribution in [3.63, 3.8) is 0 Å². The fourth-order valence-electron chi connectivity index (χ4n) is 2.15. The van der Waals surface area contributed by atoms with Gasteiger partial charge in [-0.3, -0.25) is 0 Å². The first-order chi connectivity index (χ1) is 8.22. The fraction of sp³-hybridized carbons (Fsp3) is 0.538. The Balaban J connectivity index is 1.74. The van der Waals surface area contributed by atoms with Crippen molar-refractivity contribution in [3.05, 3.63) is 17.7 Å². The molecule has 3 rings (SSSR count). The molecule has 0 atom stereocenters. The molecule has 4 nitrogen and oxygen atoms in total. The number of benzene rings is 1. The van der Waals surface area contributed by atoms with Crippen molar-refractivity contribution in [2.24, 2.45) is 11.1 Å². The van der Waals surface area contributed by atoms with E-state index in [2.05, 4.69) is 12.2 Å². The van der Waals surface area contributed by atoms with Crippen molar-refractivity contribution >= 4 is 5.69 Å². The minimum absolute atomic E-state index is 0.324. The highest BCUT2D eigenvalue weighted by atomic mass is 16.7. The summed E-state index contributed by atoms with van der Waals surface area (Å²) in [5.74, 6) is 1.67. The summed E-state index contributed by atoms with van der Waals surface area (Å²) < 4.78 is 10.7. The van der Waals surface area contributed by atoms with Crippen LogP contribution in [0.3, 0.4) is 0 Å². The number of ether oxygens (including phenoxy) is 2. The fourth-order valence-corrected chi connectivity index (χ4v) is 2.15. The van der Waals surface area contributed by atoms with Crippen LogP contribution in [0, 0.1) is 12.3 Å². The maximum absolute atomic E-state index is 5.78. The van der Waals surface area contributed by atoms with Gasteiger partial charge in [-0.1, -0.05) is 0 Å². The van der Waals surface area contributed by atoms with E-state index in [-0.39, 0.29) is 0 Å². The average molecular weight is 234 g/mol. The van der Waals surface area contributed by atoms with E-state index in [0.717, 1.165) is 30.3 Å². The van der Waals surface area contributed by atoms with Gasteiger partial charge in [0.05, 0.1) is 0 Å². The molecule has 3 N–H and O–H groups in total. The van der Waals surface area contributed by atoms with Gasteiger partial charge in [-0.2, -0.15) is 0 Å². The van der Waals surface area contributed by atoms with Crippen LogP contribution in [-0.4, -0.2) is 19.9 Å². The van der Waals surface area contributed by atoms with Crippen LogP contribution in [0.25, 0.3) is 0 Å². The molecule has 0 unspecified atom stereocenters. The molecule has 92 valence electrons. The summed E-state index contributed by atoms with van der Waals surface area (Å²) >= 11 is 0. The SMILES string of the molecule is Cc1cc2c(cc1NCC1(CN)CC1)OCO2. The summed E-state index contributed by atoms with van der Waals surface area (Å²) in [6.45, 7) is 4.12. The summed E-state index contributed by atoms with van der Waals surface area (Å²) in [5, 5.41) is 3.48. The number of aryl methyl sites for hydroxylation is 1. The second-order valence-corrected chi connectivity index (χ2v) is 5.08. The molecule has 1 aromatic rings. The molecule has 1 saturated carbocycles. The lowest BCUT2D eigenvalue weighted by Crippen LogP contribution is -2.24. The smallest absolute Gasteiger partial charge is 0.231 e. The van der Waals surface area contributed by atoms with Crippen molar-refractivity contribution in [2.45, 2.75) is 19.8 Å². The maximum atomic E-state index is 5.78. The van der Waals surface area contributed by atoms with Crippen molar-refractivity contribution in [1.29, 1.82) is 0 Å². The first-order valence-electron chi connectivity index (χ1n) is 6.07. The zero-order valence-corrected chi connectivity index (χ0v) is 10.1. The molecule has 0 amide bonds. The lowest BCUT2D eigenvalue weighted by molar-refractivity contribution is 0.174. The first-order valence-corrected chi connectivity index (χ1v) is 6.07. The zero-order chi connectivity index (χ0) is 11.9. The highest BCUT2D eigenvalue weighted by Crippen LogP contribution is 2.45. The van der Waals surface area contributed by atoms with Crippen LogP contribution < -0.4 is 20.5 Å². The molecule has 0 spiro atoms. The van der Waals surface area contributed by atoms with Gasteiger partial charge in [-0.15, -0.1) is 0 Å². The predicted molar refractivity (Wildman–Crippen MR) is 66.5 cm³/mol. The van der Waals surface area contributed by atoms with Gasteiger partial charge in [0, 0.05) is 18.3 Å². The van der Waals surface area contributed by atoms with Gasteiger partial charge in [0.25, 0.3) is 0 Å². The average Bonchev–Trinajstić information content (AvgIpc) is 2.98. The van der Waals surface area contributed by atoms with Gasteiger partial charge in [0.2, 0.25) is 6.79 Å². The van der Waals surface area contributed by atoms with Crippen LogP contribution >= 0.6 is 0 Å². The molecule has 1 fully saturated rings. The van der Waals surface area contributed by atoms with E-state index in [9.17, 15) is 0 Å². The van der Waals surface area contributed by atoms with Crippen molar-refractivity contribution in [2.75, 3.05) is 25.2 Å². The molecule has 2 aliphatic rings. The van der Waals surface area contributed by atoms with Crippen molar-refractivity contribution < 1.29 is 9.47 Å².